The summed E-state index contributed by atoms with van der Waals surface area (Å²) in [6, 6.07) is 11.6. The normalized spacial score (nSPS) is 11.7. The summed E-state index contributed by atoms with van der Waals surface area (Å²) in [6.07, 6.45) is 0.950. The summed E-state index contributed by atoms with van der Waals surface area (Å²) >= 11 is 0. The molecule has 0 bridgehead atoms. The zero-order valence-electron chi connectivity index (χ0n) is 16.1. The van der Waals surface area contributed by atoms with Crippen LogP contribution in [-0.2, 0) is 19.6 Å². The molecule has 2 amide bonds. The molecule has 0 aliphatic heterocycles. The van der Waals surface area contributed by atoms with Gasteiger partial charge in [-0.25, -0.2) is 18.2 Å². The second-order valence-corrected chi connectivity index (χ2v) is 8.15. The Morgan fingerprint density at radius 3 is 2.34 bits per heavy atom. The summed E-state index contributed by atoms with van der Waals surface area (Å²) in [5.74, 6) is -1.41. The molecule has 0 saturated carbocycles. The molecule has 0 fully saturated rings. The summed E-state index contributed by atoms with van der Waals surface area (Å²) in [5.41, 5.74) is 4.16. The van der Waals surface area contributed by atoms with Gasteiger partial charge >= 0.3 is 0 Å². The van der Waals surface area contributed by atoms with Crippen molar-refractivity contribution in [2.75, 3.05) is 22.4 Å². The number of halogens is 1. The van der Waals surface area contributed by atoms with E-state index in [1.807, 2.05) is 0 Å². The van der Waals surface area contributed by atoms with Crippen LogP contribution in [0.2, 0.25) is 0 Å². The van der Waals surface area contributed by atoms with E-state index in [0.29, 0.717) is 17.0 Å². The lowest BCUT2D eigenvalue weighted by molar-refractivity contribution is -0.119. The van der Waals surface area contributed by atoms with Crippen molar-refractivity contribution in [2.45, 2.75) is 13.8 Å². The van der Waals surface area contributed by atoms with E-state index in [9.17, 15) is 22.4 Å². The highest BCUT2D eigenvalue weighted by Crippen LogP contribution is 2.17. The number of hydrazone groups is 1. The Hall–Kier alpha value is -3.27. The Kier molecular flexibility index (Phi) is 7.05. The van der Waals surface area contributed by atoms with Crippen LogP contribution in [0.15, 0.2) is 53.6 Å². The van der Waals surface area contributed by atoms with Gasteiger partial charge in [-0.15, -0.1) is 0 Å². The molecule has 2 N–H and O–H groups in total. The zero-order valence-corrected chi connectivity index (χ0v) is 17.0. The topological polar surface area (TPSA) is 108 Å². The molecule has 0 aliphatic rings. The van der Waals surface area contributed by atoms with Crippen LogP contribution >= 0.6 is 0 Å². The second kappa shape index (κ2) is 9.28. The van der Waals surface area contributed by atoms with E-state index < -0.39 is 28.3 Å². The van der Waals surface area contributed by atoms with Crippen molar-refractivity contribution in [1.82, 2.24) is 5.43 Å². The van der Waals surface area contributed by atoms with Gasteiger partial charge in [0.25, 0.3) is 5.91 Å². The summed E-state index contributed by atoms with van der Waals surface area (Å²) in [5, 5.41) is 6.63. The van der Waals surface area contributed by atoms with E-state index in [1.54, 1.807) is 31.2 Å². The van der Waals surface area contributed by atoms with Crippen molar-refractivity contribution >= 4 is 38.9 Å². The molecule has 0 spiro atoms. The highest BCUT2D eigenvalue weighted by molar-refractivity contribution is 7.92. The Balaban J connectivity index is 2.12. The van der Waals surface area contributed by atoms with E-state index in [1.165, 1.54) is 19.1 Å². The number of nitrogens with zero attached hydrogens (tertiary/aromatic N) is 2. The van der Waals surface area contributed by atoms with Crippen LogP contribution in [-0.4, -0.2) is 38.7 Å². The first-order valence-electron chi connectivity index (χ1n) is 8.50. The number of hydrogen-bond donors (Lipinski definition) is 2. The Morgan fingerprint density at radius 2 is 1.76 bits per heavy atom. The molecular weight excluding hydrogens is 399 g/mol. The van der Waals surface area contributed by atoms with E-state index in [4.69, 9.17) is 0 Å². The van der Waals surface area contributed by atoms with Crippen LogP contribution in [0.3, 0.4) is 0 Å². The third kappa shape index (κ3) is 6.68. The van der Waals surface area contributed by atoms with Crippen molar-refractivity contribution in [3.8, 4) is 0 Å². The third-order valence-corrected chi connectivity index (χ3v) is 4.89. The fourth-order valence-corrected chi connectivity index (χ4v) is 3.27. The molecule has 0 atom stereocenters. The summed E-state index contributed by atoms with van der Waals surface area (Å²) < 4.78 is 38.0. The number of hydrogen-bond acceptors (Lipinski definition) is 5. The Morgan fingerprint density at radius 1 is 1.10 bits per heavy atom. The number of anilines is 2. The lowest BCUT2D eigenvalue weighted by Crippen LogP contribution is -2.39. The average molecular weight is 420 g/mol. The molecule has 29 heavy (non-hydrogen) atoms. The predicted octanol–water partition coefficient (Wildman–Crippen LogP) is 2.09. The van der Waals surface area contributed by atoms with Gasteiger partial charge in [-0.2, -0.15) is 5.10 Å². The number of nitrogens with one attached hydrogen (secondary N) is 2. The van der Waals surface area contributed by atoms with Crippen LogP contribution in [0.1, 0.15) is 19.4 Å². The number of carbonyl (C=O) groups is 2. The van der Waals surface area contributed by atoms with Gasteiger partial charge in [0.05, 0.1) is 17.7 Å². The number of sulfonamides is 1. The number of benzene rings is 2. The summed E-state index contributed by atoms with van der Waals surface area (Å²) in [6.45, 7) is 2.52. The molecule has 2 aromatic rings. The van der Waals surface area contributed by atoms with Gasteiger partial charge in [0.2, 0.25) is 15.9 Å². The molecule has 2 aromatic carbocycles. The molecule has 8 nitrogen and oxygen atoms in total. The van der Waals surface area contributed by atoms with E-state index in [2.05, 4.69) is 15.8 Å². The minimum atomic E-state index is -3.77. The van der Waals surface area contributed by atoms with Crippen molar-refractivity contribution in [1.29, 1.82) is 0 Å². The Labute approximate surface area is 168 Å². The molecule has 10 heteroatoms. The highest BCUT2D eigenvalue weighted by atomic mass is 32.2. The van der Waals surface area contributed by atoms with Gasteiger partial charge in [0, 0.05) is 12.6 Å². The second-order valence-electron chi connectivity index (χ2n) is 6.24. The van der Waals surface area contributed by atoms with Crippen LogP contribution in [0.4, 0.5) is 15.8 Å². The molecular formula is C19H21FN4O4S. The molecule has 2 rings (SSSR count). The van der Waals surface area contributed by atoms with E-state index >= 15 is 0 Å². The van der Waals surface area contributed by atoms with Gasteiger partial charge in [-0.05, 0) is 48.9 Å². The maximum Gasteiger partial charge on any atom is 0.260 e. The van der Waals surface area contributed by atoms with E-state index in [-0.39, 0.29) is 11.6 Å². The lowest BCUT2D eigenvalue weighted by atomic mass is 10.1. The van der Waals surface area contributed by atoms with Crippen molar-refractivity contribution < 1.29 is 22.4 Å². The van der Waals surface area contributed by atoms with Crippen molar-refractivity contribution in [3.05, 3.63) is 59.9 Å². The maximum atomic E-state index is 13.1. The minimum absolute atomic E-state index is 0.160. The van der Waals surface area contributed by atoms with Gasteiger partial charge in [-0.1, -0.05) is 12.1 Å². The smallest absolute Gasteiger partial charge is 0.260 e. The molecule has 0 aliphatic carbocycles. The monoisotopic (exact) mass is 420 g/mol. The van der Waals surface area contributed by atoms with Crippen molar-refractivity contribution in [3.63, 3.8) is 0 Å². The van der Waals surface area contributed by atoms with Crippen LogP contribution in [0.5, 0.6) is 0 Å². The number of carbonyl (C=O) groups excluding carboxylic acids is 2. The maximum absolute atomic E-state index is 13.1. The van der Waals surface area contributed by atoms with Crippen LogP contribution in [0.25, 0.3) is 0 Å². The molecule has 0 saturated heterocycles. The molecule has 154 valence electrons. The first-order chi connectivity index (χ1) is 13.6. The van der Waals surface area contributed by atoms with Gasteiger partial charge in [0.1, 0.15) is 12.4 Å². The molecule has 0 radical (unpaired) electrons. The highest BCUT2D eigenvalue weighted by Gasteiger charge is 2.20. The average Bonchev–Trinajstić information content (AvgIpc) is 2.64. The van der Waals surface area contributed by atoms with Gasteiger partial charge in [0.15, 0.2) is 0 Å². The largest absolute Gasteiger partial charge is 0.326 e. The van der Waals surface area contributed by atoms with Crippen molar-refractivity contribution in [2.24, 2.45) is 5.10 Å². The first-order valence-corrected chi connectivity index (χ1v) is 10.4. The lowest BCUT2D eigenvalue weighted by Gasteiger charge is -2.21. The fourth-order valence-electron chi connectivity index (χ4n) is 2.41. The Bertz CT molecular complexity index is 1040. The predicted molar refractivity (Wildman–Crippen MR) is 110 cm³/mol. The van der Waals surface area contributed by atoms with E-state index in [0.717, 1.165) is 22.7 Å². The summed E-state index contributed by atoms with van der Waals surface area (Å²) in [4.78, 5) is 23.4. The number of amides is 2. The SMILES string of the molecule is CC(=O)Nc1cccc(/C(C)=N\NC(=O)CN(c2ccc(F)cc2)S(C)(=O)=O)c1. The zero-order chi connectivity index (χ0) is 21.6. The molecule has 0 unspecified atom stereocenters. The van der Waals surface area contributed by atoms with Crippen LogP contribution < -0.4 is 15.0 Å². The van der Waals surface area contributed by atoms with Crippen LogP contribution in [0, 0.1) is 5.82 Å². The quantitative estimate of drug-likeness (QED) is 0.528. The van der Waals surface area contributed by atoms with Gasteiger partial charge < -0.3 is 5.32 Å². The standard InChI is InChI=1S/C19H21FN4O4S/c1-13(15-5-4-6-17(11-15)21-14(2)25)22-23-19(26)12-24(29(3,27)28)18-9-7-16(20)8-10-18/h4-11H,12H2,1-3H3,(H,21,25)(H,23,26)/b22-13-. The third-order valence-electron chi connectivity index (χ3n) is 3.75. The molecule has 0 heterocycles. The summed E-state index contributed by atoms with van der Waals surface area (Å²) in [7, 11) is -3.77. The fraction of sp³-hybridized carbons (Fsp3) is 0.211. The molecule has 0 aromatic heterocycles. The first kappa shape index (κ1) is 22.0. The van der Waals surface area contributed by atoms with Gasteiger partial charge in [-0.3, -0.25) is 13.9 Å². The minimum Gasteiger partial charge on any atom is -0.326 e. The number of rotatable bonds is 7.